The van der Waals surface area contributed by atoms with Gasteiger partial charge in [-0.1, -0.05) is 0 Å². The molecule has 2 aromatic rings. The van der Waals surface area contributed by atoms with Crippen LogP contribution in [0.4, 0.5) is 22.7 Å². The molecule has 12 heteroatoms. The Hall–Kier alpha value is -4.22. The lowest BCUT2D eigenvalue weighted by molar-refractivity contribution is -0.384. The monoisotopic (exact) mass is 394 g/mol. The van der Waals surface area contributed by atoms with E-state index >= 15 is 0 Å². The molecule has 0 spiro atoms. The van der Waals surface area contributed by atoms with Gasteiger partial charge in [-0.2, -0.15) is 0 Å². The van der Waals surface area contributed by atoms with Gasteiger partial charge in [0.05, 0.1) is 36.1 Å². The van der Waals surface area contributed by atoms with Crippen LogP contribution in [0.5, 0.6) is 11.5 Å². The highest BCUT2D eigenvalue weighted by atomic mass is 16.6. The summed E-state index contributed by atoms with van der Waals surface area (Å²) in [6, 6.07) is 5.05. The second-order valence-corrected chi connectivity index (χ2v) is 5.16. The lowest BCUT2D eigenvalue weighted by Gasteiger charge is -2.07. The molecule has 2 aromatic carbocycles. The number of carboxylic acids is 2. The summed E-state index contributed by atoms with van der Waals surface area (Å²) in [6.07, 6.45) is 0. The zero-order valence-electron chi connectivity index (χ0n) is 14.8. The van der Waals surface area contributed by atoms with Crippen LogP contribution in [-0.2, 0) is 0 Å². The van der Waals surface area contributed by atoms with Crippen LogP contribution >= 0.6 is 0 Å². The molecule has 0 aliphatic heterocycles. The SMILES string of the molecule is COc1cc(N)c(N)c(C(=O)O)c1.COc1cc(N)c([N+](=O)[O-])c(C(=O)O)c1. The van der Waals surface area contributed by atoms with E-state index in [1.165, 1.54) is 32.4 Å². The lowest BCUT2D eigenvalue weighted by Crippen LogP contribution is -2.06. The molecule has 0 aliphatic carbocycles. The Morgan fingerprint density at radius 3 is 1.71 bits per heavy atom. The van der Waals surface area contributed by atoms with Gasteiger partial charge < -0.3 is 36.9 Å². The number of hydrogen-bond donors (Lipinski definition) is 5. The minimum atomic E-state index is -1.42. The Labute approximate surface area is 158 Å². The van der Waals surface area contributed by atoms with Crippen molar-refractivity contribution >= 4 is 34.7 Å². The van der Waals surface area contributed by atoms with Crippen molar-refractivity contribution in [3.63, 3.8) is 0 Å². The average molecular weight is 394 g/mol. The summed E-state index contributed by atoms with van der Waals surface area (Å²) in [7, 11) is 2.74. The number of benzene rings is 2. The summed E-state index contributed by atoms with van der Waals surface area (Å²) in [6.45, 7) is 0. The Bertz CT molecular complexity index is 929. The van der Waals surface area contributed by atoms with E-state index in [0.717, 1.165) is 6.07 Å². The molecule has 0 heterocycles. The fourth-order valence-electron chi connectivity index (χ4n) is 2.06. The van der Waals surface area contributed by atoms with Gasteiger partial charge in [0.2, 0.25) is 0 Å². The van der Waals surface area contributed by atoms with Crippen molar-refractivity contribution in [2.75, 3.05) is 31.4 Å². The number of anilines is 3. The summed E-state index contributed by atoms with van der Waals surface area (Å²) < 4.78 is 9.60. The summed E-state index contributed by atoms with van der Waals surface area (Å²) in [5, 5.41) is 28.0. The second-order valence-electron chi connectivity index (χ2n) is 5.16. The molecular formula is C16H18N4O8. The van der Waals surface area contributed by atoms with Gasteiger partial charge >= 0.3 is 17.6 Å². The molecule has 0 atom stereocenters. The maximum atomic E-state index is 10.7. The molecule has 150 valence electrons. The normalized spacial score (nSPS) is 9.64. The van der Waals surface area contributed by atoms with Crippen molar-refractivity contribution in [1.29, 1.82) is 0 Å². The highest BCUT2D eigenvalue weighted by Gasteiger charge is 2.24. The lowest BCUT2D eigenvalue weighted by atomic mass is 10.1. The van der Waals surface area contributed by atoms with Crippen molar-refractivity contribution in [2.24, 2.45) is 0 Å². The quantitative estimate of drug-likeness (QED) is 0.278. The Morgan fingerprint density at radius 1 is 0.893 bits per heavy atom. The van der Waals surface area contributed by atoms with Crippen molar-refractivity contribution in [3.8, 4) is 11.5 Å². The molecule has 2 rings (SSSR count). The molecule has 0 bridgehead atoms. The third-order valence-corrected chi connectivity index (χ3v) is 3.41. The number of nitrogens with two attached hydrogens (primary N) is 3. The van der Waals surface area contributed by atoms with Crippen LogP contribution in [-0.4, -0.2) is 41.3 Å². The van der Waals surface area contributed by atoms with E-state index in [1.54, 1.807) is 0 Å². The van der Waals surface area contributed by atoms with Gasteiger partial charge in [-0.05, 0) is 6.07 Å². The molecular weight excluding hydrogens is 376 g/mol. The molecule has 0 amide bonds. The number of methoxy groups -OCH3 is 2. The maximum Gasteiger partial charge on any atom is 0.342 e. The molecule has 28 heavy (non-hydrogen) atoms. The molecule has 0 aromatic heterocycles. The maximum absolute atomic E-state index is 10.7. The highest BCUT2D eigenvalue weighted by molar-refractivity contribution is 5.97. The third-order valence-electron chi connectivity index (χ3n) is 3.41. The number of aromatic carboxylic acids is 2. The van der Waals surface area contributed by atoms with Crippen LogP contribution in [0, 0.1) is 10.1 Å². The Morgan fingerprint density at radius 2 is 1.32 bits per heavy atom. The molecule has 12 nitrogen and oxygen atoms in total. The van der Waals surface area contributed by atoms with Gasteiger partial charge in [0.25, 0.3) is 0 Å². The van der Waals surface area contributed by atoms with Crippen LogP contribution in [0.15, 0.2) is 24.3 Å². The van der Waals surface area contributed by atoms with Crippen LogP contribution in [0.3, 0.4) is 0 Å². The van der Waals surface area contributed by atoms with Gasteiger partial charge in [0.1, 0.15) is 22.7 Å². The predicted octanol–water partition coefficient (Wildman–Crippen LogP) is 1.44. The van der Waals surface area contributed by atoms with Crippen LogP contribution in [0.2, 0.25) is 0 Å². The van der Waals surface area contributed by atoms with Crippen molar-refractivity contribution in [2.45, 2.75) is 0 Å². The number of nitrogen functional groups attached to an aromatic ring is 3. The predicted molar refractivity (Wildman–Crippen MR) is 99.8 cm³/mol. The Kier molecular flexibility index (Phi) is 6.96. The van der Waals surface area contributed by atoms with Gasteiger partial charge in [0, 0.05) is 18.2 Å². The number of carboxylic acid groups (broad SMARTS) is 2. The minimum Gasteiger partial charge on any atom is -0.497 e. The number of nitro benzene ring substituents is 1. The summed E-state index contributed by atoms with van der Waals surface area (Å²) in [5.41, 5.74) is 15.1. The van der Waals surface area contributed by atoms with Crippen molar-refractivity contribution in [3.05, 3.63) is 45.5 Å². The molecule has 8 N–H and O–H groups in total. The standard InChI is InChI=1S/C8H8N2O5.C8H10N2O3/c1-15-4-2-5(8(11)12)7(10(13)14)6(9)3-4;1-13-4-2-5(8(11)12)7(10)6(9)3-4/h2-3H,9H2,1H3,(H,11,12);2-3H,9-10H2,1H3,(H,11,12). The largest absolute Gasteiger partial charge is 0.497 e. The fraction of sp³-hybridized carbons (Fsp3) is 0.125. The number of carbonyl (C=O) groups is 2. The highest BCUT2D eigenvalue weighted by Crippen LogP contribution is 2.31. The van der Waals surface area contributed by atoms with E-state index in [1.807, 2.05) is 0 Å². The summed E-state index contributed by atoms with van der Waals surface area (Å²) >= 11 is 0. The first-order chi connectivity index (χ1) is 13.0. The van der Waals surface area contributed by atoms with Crippen LogP contribution in [0.1, 0.15) is 20.7 Å². The van der Waals surface area contributed by atoms with Crippen LogP contribution in [0.25, 0.3) is 0 Å². The molecule has 0 saturated carbocycles. The van der Waals surface area contributed by atoms with Crippen molar-refractivity contribution in [1.82, 2.24) is 0 Å². The van der Waals surface area contributed by atoms with Gasteiger partial charge in [0.15, 0.2) is 0 Å². The van der Waals surface area contributed by atoms with E-state index in [0.29, 0.717) is 5.75 Å². The molecule has 0 fully saturated rings. The number of nitrogens with zero attached hydrogens (tertiary/aromatic N) is 1. The van der Waals surface area contributed by atoms with Gasteiger partial charge in [-0.25, -0.2) is 9.59 Å². The van der Waals surface area contributed by atoms with Crippen molar-refractivity contribution < 1.29 is 34.2 Å². The zero-order valence-corrected chi connectivity index (χ0v) is 14.8. The van der Waals surface area contributed by atoms with Gasteiger partial charge in [-0.3, -0.25) is 10.1 Å². The van der Waals surface area contributed by atoms with Gasteiger partial charge in [-0.15, -0.1) is 0 Å². The summed E-state index contributed by atoms with van der Waals surface area (Å²) in [5.74, 6) is -2.00. The first-order valence-corrected chi connectivity index (χ1v) is 7.34. The van der Waals surface area contributed by atoms with E-state index < -0.39 is 28.1 Å². The number of nitro groups is 1. The van der Waals surface area contributed by atoms with E-state index in [-0.39, 0.29) is 28.4 Å². The fourth-order valence-corrected chi connectivity index (χ4v) is 2.06. The second kappa shape index (κ2) is 8.93. The third kappa shape index (κ3) is 4.91. The average Bonchev–Trinajstić information content (AvgIpc) is 2.62. The van der Waals surface area contributed by atoms with Crippen LogP contribution < -0.4 is 26.7 Å². The molecule has 0 unspecified atom stereocenters. The molecule has 0 radical (unpaired) electrons. The van der Waals surface area contributed by atoms with E-state index in [9.17, 15) is 19.7 Å². The minimum absolute atomic E-state index is 0.0446. The van der Waals surface area contributed by atoms with E-state index in [2.05, 4.69) is 0 Å². The molecule has 0 aliphatic rings. The smallest absolute Gasteiger partial charge is 0.342 e. The summed E-state index contributed by atoms with van der Waals surface area (Å²) in [4.78, 5) is 31.1. The number of hydrogen-bond acceptors (Lipinski definition) is 9. The topological polar surface area (TPSA) is 214 Å². The zero-order chi connectivity index (χ0) is 21.6. The Balaban J connectivity index is 0.000000283. The number of ether oxygens (including phenoxy) is 2. The first-order valence-electron chi connectivity index (χ1n) is 7.34. The molecule has 0 saturated heterocycles. The number of rotatable bonds is 5. The van der Waals surface area contributed by atoms with E-state index in [4.69, 9.17) is 36.9 Å². The first kappa shape index (κ1) is 21.8.